The van der Waals surface area contributed by atoms with Crippen LogP contribution in [0.25, 0.3) is 21.9 Å². The van der Waals surface area contributed by atoms with Gasteiger partial charge in [0.05, 0.1) is 4.90 Å². The van der Waals surface area contributed by atoms with Gasteiger partial charge in [-0.2, -0.15) is 0 Å². The summed E-state index contributed by atoms with van der Waals surface area (Å²) < 4.78 is 29.7. The molecule has 0 saturated carbocycles. The number of amides is 1. The van der Waals surface area contributed by atoms with Crippen LogP contribution in [-0.2, 0) is 26.6 Å². The number of primary sulfonamides is 1. The van der Waals surface area contributed by atoms with Crippen molar-refractivity contribution in [2.45, 2.75) is 24.3 Å². The number of rotatable bonds is 7. The fraction of sp³-hybridized carbons (Fsp3) is 0.148. The molecular formula is C27H24ClN3O6S. The molecule has 9 nitrogen and oxygen atoms in total. The van der Waals surface area contributed by atoms with Gasteiger partial charge in [0.15, 0.2) is 6.10 Å². The van der Waals surface area contributed by atoms with E-state index >= 15 is 0 Å². The van der Waals surface area contributed by atoms with Crippen molar-refractivity contribution in [1.82, 2.24) is 4.57 Å². The number of hydrogen-bond donors (Lipinski definition) is 2. The lowest BCUT2D eigenvalue weighted by Crippen LogP contribution is -2.34. The van der Waals surface area contributed by atoms with Crippen LogP contribution in [0.3, 0.4) is 0 Å². The number of aromatic nitrogens is 1. The zero-order valence-corrected chi connectivity index (χ0v) is 22.0. The highest BCUT2D eigenvalue weighted by atomic mass is 35.5. The van der Waals surface area contributed by atoms with E-state index in [1.165, 1.54) is 35.9 Å². The number of benzene rings is 3. The molecule has 3 aromatic carbocycles. The number of nitrogens with one attached hydrogen (secondary N) is 1. The Morgan fingerprint density at radius 2 is 1.61 bits per heavy atom. The molecule has 0 fully saturated rings. The van der Waals surface area contributed by atoms with E-state index in [0.29, 0.717) is 26.9 Å². The van der Waals surface area contributed by atoms with E-state index in [1.807, 2.05) is 0 Å². The van der Waals surface area contributed by atoms with Crippen LogP contribution in [0, 0.1) is 0 Å². The number of sulfonamides is 1. The second-order valence-electron chi connectivity index (χ2n) is 8.50. The third-order valence-corrected chi connectivity index (χ3v) is 7.17. The Balaban J connectivity index is 1.70. The van der Waals surface area contributed by atoms with E-state index in [2.05, 4.69) is 5.32 Å². The van der Waals surface area contributed by atoms with Crippen LogP contribution in [0.1, 0.15) is 23.8 Å². The number of fused-ring (bicyclic) bond motifs is 1. The van der Waals surface area contributed by atoms with Crippen LogP contribution < -0.4 is 16.0 Å². The number of carbonyl (C=O) groups is 2. The topological polar surface area (TPSA) is 138 Å². The van der Waals surface area contributed by atoms with E-state index in [4.69, 9.17) is 21.5 Å². The van der Waals surface area contributed by atoms with Gasteiger partial charge in [0, 0.05) is 28.7 Å². The molecule has 1 heterocycles. The molecule has 196 valence electrons. The summed E-state index contributed by atoms with van der Waals surface area (Å²) >= 11 is 6.07. The second kappa shape index (κ2) is 10.8. The third-order valence-electron chi connectivity index (χ3n) is 5.99. The first-order valence-corrected chi connectivity index (χ1v) is 13.5. The summed E-state index contributed by atoms with van der Waals surface area (Å²) in [6.07, 6.45) is -1.05. The number of esters is 1. The Hall–Kier alpha value is -3.99. The molecule has 0 radical (unpaired) electrons. The third kappa shape index (κ3) is 5.47. The number of nitrogens with zero attached hydrogens (tertiary/aromatic N) is 1. The van der Waals surface area contributed by atoms with Crippen molar-refractivity contribution in [3.05, 3.63) is 93.9 Å². The zero-order chi connectivity index (χ0) is 27.6. The number of nitrogens with two attached hydrogens (primary N) is 1. The van der Waals surface area contributed by atoms with E-state index in [-0.39, 0.29) is 22.7 Å². The molecule has 4 aromatic rings. The monoisotopic (exact) mass is 553 g/mol. The summed E-state index contributed by atoms with van der Waals surface area (Å²) in [4.78, 5) is 39.5. The van der Waals surface area contributed by atoms with Crippen LogP contribution >= 0.6 is 11.6 Å². The minimum absolute atomic E-state index is 0.0141. The van der Waals surface area contributed by atoms with Gasteiger partial charge in [0.2, 0.25) is 10.0 Å². The van der Waals surface area contributed by atoms with E-state index in [9.17, 15) is 22.8 Å². The number of anilines is 1. The average Bonchev–Trinajstić information content (AvgIpc) is 2.89. The molecule has 38 heavy (non-hydrogen) atoms. The quantitative estimate of drug-likeness (QED) is 0.331. The molecule has 1 amide bonds. The van der Waals surface area contributed by atoms with Crippen molar-refractivity contribution in [2.75, 3.05) is 5.32 Å². The molecule has 1 unspecified atom stereocenters. The lowest BCUT2D eigenvalue weighted by molar-refractivity contribution is -0.124. The molecule has 3 N–H and O–H groups in total. The Bertz CT molecular complexity index is 1700. The Labute approximate surface area is 223 Å². The summed E-state index contributed by atoms with van der Waals surface area (Å²) in [6.45, 7) is 1.67. The lowest BCUT2D eigenvalue weighted by Gasteiger charge is -2.20. The van der Waals surface area contributed by atoms with Gasteiger partial charge in [-0.15, -0.1) is 0 Å². The van der Waals surface area contributed by atoms with Crippen molar-refractivity contribution in [3.8, 4) is 11.1 Å². The maximum absolute atomic E-state index is 13.5. The molecule has 0 spiro atoms. The van der Waals surface area contributed by atoms with Crippen molar-refractivity contribution < 1.29 is 22.7 Å². The number of ether oxygens (including phenoxy) is 1. The van der Waals surface area contributed by atoms with Crippen LogP contribution in [0.4, 0.5) is 5.69 Å². The average molecular weight is 554 g/mol. The summed E-state index contributed by atoms with van der Waals surface area (Å²) in [7, 11) is -2.41. The summed E-state index contributed by atoms with van der Waals surface area (Å²) in [5.41, 5.74) is 0.994. The van der Waals surface area contributed by atoms with Gasteiger partial charge in [0.25, 0.3) is 11.5 Å². The van der Waals surface area contributed by atoms with Gasteiger partial charge in [-0.25, -0.2) is 18.4 Å². The van der Waals surface area contributed by atoms with Crippen LogP contribution in [0.5, 0.6) is 0 Å². The van der Waals surface area contributed by atoms with Gasteiger partial charge in [0.1, 0.15) is 5.69 Å². The largest absolute Gasteiger partial charge is 0.448 e. The van der Waals surface area contributed by atoms with Crippen molar-refractivity contribution >= 4 is 50.0 Å². The number of pyridine rings is 1. The van der Waals surface area contributed by atoms with E-state index in [0.717, 1.165) is 0 Å². The van der Waals surface area contributed by atoms with Crippen molar-refractivity contribution in [2.24, 2.45) is 12.2 Å². The number of carbonyl (C=O) groups excluding carboxylic acids is 2. The zero-order valence-electron chi connectivity index (χ0n) is 20.5. The molecule has 0 aliphatic rings. The highest BCUT2D eigenvalue weighted by molar-refractivity contribution is 7.89. The fourth-order valence-electron chi connectivity index (χ4n) is 4.07. The summed E-state index contributed by atoms with van der Waals surface area (Å²) in [6, 6.07) is 19.0. The molecule has 1 aromatic heterocycles. The van der Waals surface area contributed by atoms with Gasteiger partial charge in [-0.1, -0.05) is 48.9 Å². The minimum Gasteiger partial charge on any atom is -0.448 e. The highest BCUT2D eigenvalue weighted by Crippen LogP contribution is 2.32. The predicted octanol–water partition coefficient (Wildman–Crippen LogP) is 4.08. The smallest absolute Gasteiger partial charge is 0.356 e. The fourth-order valence-corrected chi connectivity index (χ4v) is 4.71. The molecule has 0 saturated heterocycles. The maximum atomic E-state index is 13.5. The second-order valence-corrected chi connectivity index (χ2v) is 10.5. The van der Waals surface area contributed by atoms with E-state index in [1.54, 1.807) is 55.5 Å². The van der Waals surface area contributed by atoms with Gasteiger partial charge in [-0.3, -0.25) is 9.59 Å². The first-order valence-electron chi connectivity index (χ1n) is 11.5. The first kappa shape index (κ1) is 27.1. The highest BCUT2D eigenvalue weighted by Gasteiger charge is 2.28. The van der Waals surface area contributed by atoms with Gasteiger partial charge >= 0.3 is 5.97 Å². The predicted molar refractivity (Wildman–Crippen MR) is 146 cm³/mol. The van der Waals surface area contributed by atoms with Crippen molar-refractivity contribution in [1.29, 1.82) is 0 Å². The SMILES string of the molecule is CCC(OC(=O)c1c(-c2ccc(Cl)cc2)c2ccccc2c(=O)n1C)C(=O)Nc1ccc(S(N)(=O)=O)cc1. The summed E-state index contributed by atoms with van der Waals surface area (Å²) in [5, 5.41) is 9.19. The Morgan fingerprint density at radius 3 is 2.18 bits per heavy atom. The van der Waals surface area contributed by atoms with Crippen LogP contribution in [-0.4, -0.2) is 31.0 Å². The number of hydrogen-bond acceptors (Lipinski definition) is 6. The molecule has 11 heteroatoms. The van der Waals surface area contributed by atoms with Crippen molar-refractivity contribution in [3.63, 3.8) is 0 Å². The van der Waals surface area contributed by atoms with Crippen LogP contribution in [0.15, 0.2) is 82.5 Å². The molecule has 0 aliphatic carbocycles. The van der Waals surface area contributed by atoms with Gasteiger partial charge in [-0.05, 0) is 59.8 Å². The molecule has 4 rings (SSSR count). The first-order chi connectivity index (χ1) is 18.0. The lowest BCUT2D eigenvalue weighted by atomic mass is 9.96. The molecule has 0 bridgehead atoms. The molecular weight excluding hydrogens is 530 g/mol. The van der Waals surface area contributed by atoms with E-state index < -0.39 is 33.6 Å². The molecule has 1 atom stereocenters. The minimum atomic E-state index is -3.89. The Kier molecular flexibility index (Phi) is 7.68. The molecule has 0 aliphatic heterocycles. The maximum Gasteiger partial charge on any atom is 0.356 e. The standard InChI is InChI=1S/C27H24ClN3O6S/c1-3-22(25(32)30-18-12-14-19(15-13-18)38(29,35)36)37-27(34)24-23(16-8-10-17(28)11-9-16)20-6-4-5-7-21(20)26(33)31(24)2/h4-15,22H,3H2,1-2H3,(H,30,32)(H2,29,35,36). The Morgan fingerprint density at radius 1 is 1.00 bits per heavy atom. The summed E-state index contributed by atoms with van der Waals surface area (Å²) in [5.74, 6) is -1.48. The number of halogens is 1. The normalized spacial score (nSPS) is 12.2. The van der Waals surface area contributed by atoms with Crippen LogP contribution in [0.2, 0.25) is 5.02 Å². The van der Waals surface area contributed by atoms with Gasteiger partial charge < -0.3 is 14.6 Å².